The van der Waals surface area contributed by atoms with Gasteiger partial charge in [0, 0.05) is 23.6 Å². The Labute approximate surface area is 174 Å². The lowest BCUT2D eigenvalue weighted by Crippen LogP contribution is -2.41. The van der Waals surface area contributed by atoms with E-state index in [9.17, 15) is 0 Å². The minimum absolute atomic E-state index is 0.986. The van der Waals surface area contributed by atoms with Gasteiger partial charge < -0.3 is 0 Å². The molecule has 0 unspecified atom stereocenters. The standard InChI is InChI=1S/C26H28N2Si/c1-5-20-18-23(21-12-8-6-9-13-21)19-24(29(2,3)4)25(20)28-17-16-27-26(28)22-14-10-7-11-15-22/h6-19H,5H2,1-4H3. The molecule has 0 aliphatic rings. The Balaban J connectivity index is 1.99. The minimum atomic E-state index is -1.62. The van der Waals surface area contributed by atoms with Gasteiger partial charge in [-0.1, -0.05) is 93.3 Å². The van der Waals surface area contributed by atoms with E-state index in [4.69, 9.17) is 4.98 Å². The highest BCUT2D eigenvalue weighted by molar-refractivity contribution is 6.89. The molecule has 0 N–H and O–H groups in total. The lowest BCUT2D eigenvalue weighted by Gasteiger charge is -2.26. The van der Waals surface area contributed by atoms with Gasteiger partial charge in [0.05, 0.1) is 8.07 Å². The number of imidazole rings is 1. The molecule has 4 rings (SSSR count). The van der Waals surface area contributed by atoms with E-state index in [0.717, 1.165) is 17.8 Å². The molecule has 0 amide bonds. The van der Waals surface area contributed by atoms with Crippen LogP contribution in [0.5, 0.6) is 0 Å². The van der Waals surface area contributed by atoms with Crippen LogP contribution in [0.15, 0.2) is 85.2 Å². The van der Waals surface area contributed by atoms with Crippen LogP contribution >= 0.6 is 0 Å². The van der Waals surface area contributed by atoms with Gasteiger partial charge in [-0.3, -0.25) is 4.57 Å². The molecule has 0 aliphatic heterocycles. The molecule has 1 heterocycles. The molecule has 2 nitrogen and oxygen atoms in total. The normalized spacial score (nSPS) is 11.6. The number of rotatable bonds is 5. The molecular weight excluding hydrogens is 368 g/mol. The van der Waals surface area contributed by atoms with Crippen LogP contribution < -0.4 is 5.19 Å². The zero-order valence-corrected chi connectivity index (χ0v) is 18.7. The molecule has 146 valence electrons. The number of aryl methyl sites for hydroxylation is 1. The molecule has 4 aromatic rings. The van der Waals surface area contributed by atoms with Crippen molar-refractivity contribution >= 4 is 13.3 Å². The van der Waals surface area contributed by atoms with E-state index in [1.165, 1.54) is 27.6 Å². The summed E-state index contributed by atoms with van der Waals surface area (Å²) in [4.78, 5) is 4.72. The molecule has 1 aromatic heterocycles. The van der Waals surface area contributed by atoms with Crippen LogP contribution in [0.4, 0.5) is 0 Å². The average molecular weight is 397 g/mol. The number of benzene rings is 3. The Morgan fingerprint density at radius 1 is 0.793 bits per heavy atom. The Hall–Kier alpha value is -2.91. The van der Waals surface area contributed by atoms with Gasteiger partial charge in [0.15, 0.2) is 0 Å². The van der Waals surface area contributed by atoms with Crippen molar-refractivity contribution in [3.63, 3.8) is 0 Å². The third-order valence-corrected chi connectivity index (χ3v) is 7.40. The van der Waals surface area contributed by atoms with Crippen LogP contribution in [0.2, 0.25) is 19.6 Å². The van der Waals surface area contributed by atoms with Crippen LogP contribution in [0.25, 0.3) is 28.2 Å². The average Bonchev–Trinajstić information content (AvgIpc) is 3.23. The molecule has 0 spiro atoms. The van der Waals surface area contributed by atoms with Gasteiger partial charge in [0.2, 0.25) is 0 Å². The van der Waals surface area contributed by atoms with Gasteiger partial charge in [-0.15, -0.1) is 0 Å². The predicted molar refractivity (Wildman–Crippen MR) is 127 cm³/mol. The van der Waals surface area contributed by atoms with E-state index in [0.29, 0.717) is 0 Å². The second-order valence-corrected chi connectivity index (χ2v) is 13.5. The number of aromatic nitrogens is 2. The summed E-state index contributed by atoms with van der Waals surface area (Å²) in [5, 5.41) is 1.48. The molecule has 0 radical (unpaired) electrons. The molecule has 0 fully saturated rings. The maximum atomic E-state index is 4.72. The largest absolute Gasteiger partial charge is 0.300 e. The van der Waals surface area contributed by atoms with E-state index in [2.05, 4.69) is 110 Å². The monoisotopic (exact) mass is 396 g/mol. The van der Waals surface area contributed by atoms with Crippen molar-refractivity contribution in [2.75, 3.05) is 0 Å². The van der Waals surface area contributed by atoms with Gasteiger partial charge in [-0.2, -0.15) is 0 Å². The number of nitrogens with zero attached hydrogens (tertiary/aromatic N) is 2. The fourth-order valence-corrected chi connectivity index (χ4v) is 5.48. The van der Waals surface area contributed by atoms with Crippen molar-refractivity contribution in [2.24, 2.45) is 0 Å². The first-order valence-electron chi connectivity index (χ1n) is 10.3. The van der Waals surface area contributed by atoms with E-state index in [1.807, 2.05) is 6.20 Å². The summed E-state index contributed by atoms with van der Waals surface area (Å²) in [5.41, 5.74) is 6.43. The highest BCUT2D eigenvalue weighted by atomic mass is 28.3. The highest BCUT2D eigenvalue weighted by Gasteiger charge is 2.25. The highest BCUT2D eigenvalue weighted by Crippen LogP contribution is 2.29. The smallest absolute Gasteiger partial charge is 0.144 e. The summed E-state index contributed by atoms with van der Waals surface area (Å²) in [7, 11) is -1.62. The molecule has 0 aliphatic carbocycles. The van der Waals surface area contributed by atoms with Crippen molar-refractivity contribution < 1.29 is 0 Å². The van der Waals surface area contributed by atoms with Gasteiger partial charge >= 0.3 is 0 Å². The molecular formula is C26H28N2Si. The first-order chi connectivity index (χ1) is 14.0. The Morgan fingerprint density at radius 3 is 2.00 bits per heavy atom. The predicted octanol–water partition coefficient (Wildman–Crippen LogP) is 6.31. The zero-order valence-electron chi connectivity index (χ0n) is 17.7. The van der Waals surface area contributed by atoms with Gasteiger partial charge in [0.25, 0.3) is 0 Å². The van der Waals surface area contributed by atoms with Gasteiger partial charge in [-0.05, 0) is 34.4 Å². The fourth-order valence-electron chi connectivity index (χ4n) is 3.90. The van der Waals surface area contributed by atoms with Crippen molar-refractivity contribution in [1.29, 1.82) is 0 Å². The SMILES string of the molecule is CCc1cc(-c2ccccc2)cc([Si](C)(C)C)c1-n1ccnc1-c1ccccc1. The molecule has 0 saturated heterocycles. The molecule has 3 aromatic carbocycles. The van der Waals surface area contributed by atoms with Crippen LogP contribution in [-0.4, -0.2) is 17.6 Å². The van der Waals surface area contributed by atoms with Gasteiger partial charge in [0.1, 0.15) is 5.82 Å². The Kier molecular flexibility index (Phi) is 5.25. The summed E-state index contributed by atoms with van der Waals surface area (Å²) in [6.07, 6.45) is 5.02. The van der Waals surface area contributed by atoms with Crippen molar-refractivity contribution in [1.82, 2.24) is 9.55 Å². The molecule has 0 bridgehead atoms. The lowest BCUT2D eigenvalue weighted by atomic mass is 10.00. The van der Waals surface area contributed by atoms with Crippen molar-refractivity contribution in [3.8, 4) is 28.2 Å². The van der Waals surface area contributed by atoms with Crippen LogP contribution in [0.3, 0.4) is 0 Å². The second kappa shape index (κ2) is 7.84. The summed E-state index contributed by atoms with van der Waals surface area (Å²) in [5.74, 6) is 1.01. The molecule has 0 saturated carbocycles. The van der Waals surface area contributed by atoms with E-state index in [-0.39, 0.29) is 0 Å². The topological polar surface area (TPSA) is 17.8 Å². The van der Waals surface area contributed by atoms with Crippen LogP contribution in [-0.2, 0) is 6.42 Å². The van der Waals surface area contributed by atoms with Crippen molar-refractivity contribution in [2.45, 2.75) is 33.0 Å². The fraction of sp³-hybridized carbons (Fsp3) is 0.192. The van der Waals surface area contributed by atoms with Gasteiger partial charge in [-0.25, -0.2) is 4.98 Å². The Bertz CT molecular complexity index is 1110. The van der Waals surface area contributed by atoms with Crippen molar-refractivity contribution in [3.05, 3.63) is 90.8 Å². The maximum Gasteiger partial charge on any atom is 0.144 e. The van der Waals surface area contributed by atoms with E-state index >= 15 is 0 Å². The third-order valence-electron chi connectivity index (χ3n) is 5.40. The number of hydrogen-bond donors (Lipinski definition) is 0. The van der Waals surface area contributed by atoms with E-state index < -0.39 is 8.07 Å². The lowest BCUT2D eigenvalue weighted by molar-refractivity contribution is 1.02. The third kappa shape index (κ3) is 3.83. The van der Waals surface area contributed by atoms with Crippen LogP contribution in [0.1, 0.15) is 12.5 Å². The molecule has 3 heteroatoms. The zero-order chi connectivity index (χ0) is 20.4. The first-order valence-corrected chi connectivity index (χ1v) is 13.8. The maximum absolute atomic E-state index is 4.72. The Morgan fingerprint density at radius 2 is 1.41 bits per heavy atom. The second-order valence-electron chi connectivity index (χ2n) is 8.49. The number of hydrogen-bond acceptors (Lipinski definition) is 1. The summed E-state index contributed by atoms with van der Waals surface area (Å²) >= 11 is 0. The summed E-state index contributed by atoms with van der Waals surface area (Å²) in [6.45, 7) is 9.54. The molecule has 29 heavy (non-hydrogen) atoms. The minimum Gasteiger partial charge on any atom is -0.300 e. The summed E-state index contributed by atoms with van der Waals surface area (Å²) < 4.78 is 2.30. The quantitative estimate of drug-likeness (QED) is 0.361. The molecule has 0 atom stereocenters. The first kappa shape index (κ1) is 19.4. The van der Waals surface area contributed by atoms with E-state index in [1.54, 1.807) is 0 Å². The summed E-state index contributed by atoms with van der Waals surface area (Å²) in [6, 6.07) is 26.0. The van der Waals surface area contributed by atoms with Crippen LogP contribution in [0, 0.1) is 0 Å².